The molecule has 0 unspecified atom stereocenters. The number of rotatable bonds is 8. The summed E-state index contributed by atoms with van der Waals surface area (Å²) in [6, 6.07) is 11.2. The molecular formula is C25H28N4O3. The van der Waals surface area contributed by atoms with Crippen molar-refractivity contribution in [1.82, 2.24) is 15.3 Å². The SMILES string of the molecule is Cc1ccc(C(=O)NC2CC2)cc1-c1ccc2nc(N[C@H](CC(C)C)C(=O)O)ncc2c1. The third kappa shape index (κ3) is 5.04. The number of hydrogen-bond donors (Lipinski definition) is 3. The van der Waals surface area contributed by atoms with Crippen LogP contribution in [-0.2, 0) is 4.79 Å². The highest BCUT2D eigenvalue weighted by molar-refractivity contribution is 5.96. The molecule has 3 N–H and O–H groups in total. The second-order valence-corrected chi connectivity index (χ2v) is 8.91. The van der Waals surface area contributed by atoms with Gasteiger partial charge in [-0.15, -0.1) is 0 Å². The van der Waals surface area contributed by atoms with Crippen molar-refractivity contribution in [3.63, 3.8) is 0 Å². The van der Waals surface area contributed by atoms with E-state index in [0.717, 1.165) is 40.4 Å². The van der Waals surface area contributed by atoms with E-state index >= 15 is 0 Å². The van der Waals surface area contributed by atoms with Gasteiger partial charge in [-0.25, -0.2) is 14.8 Å². The van der Waals surface area contributed by atoms with E-state index in [1.807, 2.05) is 57.2 Å². The Morgan fingerprint density at radius 1 is 1.16 bits per heavy atom. The molecule has 1 aliphatic rings. The zero-order valence-electron chi connectivity index (χ0n) is 18.6. The Balaban J connectivity index is 1.59. The van der Waals surface area contributed by atoms with Gasteiger partial charge in [-0.3, -0.25) is 4.79 Å². The molecular weight excluding hydrogens is 404 g/mol. The Labute approximate surface area is 187 Å². The Bertz CT molecular complexity index is 1170. The standard InChI is InChI=1S/C25H28N4O3/c1-14(2)10-22(24(31)32)29-25-26-13-18-11-16(6-9-21(18)28-25)20-12-17(5-4-15(20)3)23(30)27-19-7-8-19/h4-6,9,11-14,19,22H,7-8,10H2,1-3H3,(H,27,30)(H,31,32)(H,26,28,29)/t22-/m1/s1. The van der Waals surface area contributed by atoms with E-state index in [2.05, 4.69) is 20.6 Å². The summed E-state index contributed by atoms with van der Waals surface area (Å²) >= 11 is 0. The molecule has 1 heterocycles. The Kier molecular flexibility index (Phi) is 6.08. The molecule has 0 radical (unpaired) electrons. The molecule has 166 valence electrons. The smallest absolute Gasteiger partial charge is 0.326 e. The van der Waals surface area contributed by atoms with E-state index in [4.69, 9.17) is 0 Å². The van der Waals surface area contributed by atoms with E-state index in [1.165, 1.54) is 0 Å². The lowest BCUT2D eigenvalue weighted by atomic mass is 9.97. The number of carbonyl (C=O) groups is 2. The number of fused-ring (bicyclic) bond motifs is 1. The van der Waals surface area contributed by atoms with Crippen LogP contribution >= 0.6 is 0 Å². The van der Waals surface area contributed by atoms with Crippen LogP contribution in [0, 0.1) is 12.8 Å². The van der Waals surface area contributed by atoms with Crippen molar-refractivity contribution in [2.45, 2.75) is 52.1 Å². The number of nitrogens with one attached hydrogen (secondary N) is 2. The Hall–Kier alpha value is -3.48. The fourth-order valence-corrected chi connectivity index (χ4v) is 3.69. The first-order chi connectivity index (χ1) is 15.3. The van der Waals surface area contributed by atoms with Crippen LogP contribution in [0.15, 0.2) is 42.6 Å². The van der Waals surface area contributed by atoms with Gasteiger partial charge in [0.1, 0.15) is 6.04 Å². The number of nitrogens with zero attached hydrogens (tertiary/aromatic N) is 2. The minimum atomic E-state index is -0.918. The molecule has 1 aliphatic carbocycles. The molecule has 0 aliphatic heterocycles. The average molecular weight is 433 g/mol. The predicted octanol–water partition coefficient (Wildman–Crippen LogP) is 4.41. The molecule has 4 rings (SSSR count). The van der Waals surface area contributed by atoms with Crippen molar-refractivity contribution >= 4 is 28.7 Å². The van der Waals surface area contributed by atoms with Gasteiger partial charge in [0.2, 0.25) is 5.95 Å². The summed E-state index contributed by atoms with van der Waals surface area (Å²) in [5.41, 5.74) is 4.41. The average Bonchev–Trinajstić information content (AvgIpc) is 3.57. The molecule has 32 heavy (non-hydrogen) atoms. The molecule has 1 amide bonds. The maximum atomic E-state index is 12.5. The van der Waals surface area contributed by atoms with Gasteiger partial charge in [-0.05, 0) is 73.1 Å². The second kappa shape index (κ2) is 8.94. The highest BCUT2D eigenvalue weighted by Crippen LogP contribution is 2.28. The summed E-state index contributed by atoms with van der Waals surface area (Å²) in [7, 11) is 0. The molecule has 0 spiro atoms. The Morgan fingerprint density at radius 2 is 1.94 bits per heavy atom. The fraction of sp³-hybridized carbons (Fsp3) is 0.360. The molecule has 2 aromatic carbocycles. The van der Waals surface area contributed by atoms with Crippen molar-refractivity contribution in [3.05, 3.63) is 53.7 Å². The number of aromatic nitrogens is 2. The number of carboxylic acid groups (broad SMARTS) is 1. The van der Waals surface area contributed by atoms with Gasteiger partial charge in [0.15, 0.2) is 0 Å². The first-order valence-corrected chi connectivity index (χ1v) is 11.0. The topological polar surface area (TPSA) is 104 Å². The number of aliphatic carboxylic acids is 1. The highest BCUT2D eigenvalue weighted by Gasteiger charge is 2.24. The summed E-state index contributed by atoms with van der Waals surface area (Å²) in [6.45, 7) is 5.98. The lowest BCUT2D eigenvalue weighted by Gasteiger charge is -2.16. The van der Waals surface area contributed by atoms with E-state index in [0.29, 0.717) is 24.0 Å². The molecule has 1 fully saturated rings. The van der Waals surface area contributed by atoms with Gasteiger partial charge >= 0.3 is 5.97 Å². The first-order valence-electron chi connectivity index (χ1n) is 11.0. The normalized spacial score (nSPS) is 14.4. The molecule has 3 aromatic rings. The van der Waals surface area contributed by atoms with E-state index in [1.54, 1.807) is 6.20 Å². The zero-order valence-corrected chi connectivity index (χ0v) is 18.6. The predicted molar refractivity (Wildman–Crippen MR) is 125 cm³/mol. The Morgan fingerprint density at radius 3 is 2.62 bits per heavy atom. The number of benzene rings is 2. The van der Waals surface area contributed by atoms with Crippen LogP contribution in [0.4, 0.5) is 5.95 Å². The number of carboxylic acids is 1. The molecule has 7 nitrogen and oxygen atoms in total. The highest BCUT2D eigenvalue weighted by atomic mass is 16.4. The summed E-state index contributed by atoms with van der Waals surface area (Å²) < 4.78 is 0. The zero-order chi connectivity index (χ0) is 22.8. The molecule has 0 bridgehead atoms. The summed E-state index contributed by atoms with van der Waals surface area (Å²) in [5, 5.41) is 16.3. The van der Waals surface area contributed by atoms with Crippen LogP contribution in [0.1, 0.15) is 49.0 Å². The van der Waals surface area contributed by atoms with E-state index in [-0.39, 0.29) is 11.8 Å². The number of aryl methyl sites for hydroxylation is 1. The number of carbonyl (C=O) groups excluding carboxylic acids is 1. The van der Waals surface area contributed by atoms with Crippen LogP contribution in [0.2, 0.25) is 0 Å². The third-order valence-corrected chi connectivity index (χ3v) is 5.61. The number of anilines is 1. The lowest BCUT2D eigenvalue weighted by Crippen LogP contribution is -2.31. The van der Waals surface area contributed by atoms with Crippen molar-refractivity contribution in [2.75, 3.05) is 5.32 Å². The quantitative estimate of drug-likeness (QED) is 0.487. The van der Waals surface area contributed by atoms with Crippen molar-refractivity contribution in [2.24, 2.45) is 5.92 Å². The van der Waals surface area contributed by atoms with Crippen molar-refractivity contribution in [3.8, 4) is 11.1 Å². The second-order valence-electron chi connectivity index (χ2n) is 8.91. The van der Waals surface area contributed by atoms with Gasteiger partial charge in [0.05, 0.1) is 5.52 Å². The number of hydrogen-bond acceptors (Lipinski definition) is 5. The summed E-state index contributed by atoms with van der Waals surface area (Å²) in [6.07, 6.45) is 4.29. The van der Waals surface area contributed by atoms with Crippen molar-refractivity contribution < 1.29 is 14.7 Å². The van der Waals surface area contributed by atoms with Crippen LogP contribution in [0.3, 0.4) is 0 Å². The third-order valence-electron chi connectivity index (χ3n) is 5.61. The monoisotopic (exact) mass is 432 g/mol. The van der Waals surface area contributed by atoms with Gasteiger partial charge in [-0.1, -0.05) is 26.0 Å². The summed E-state index contributed by atoms with van der Waals surface area (Å²) in [4.78, 5) is 32.8. The van der Waals surface area contributed by atoms with Crippen LogP contribution in [-0.4, -0.2) is 39.0 Å². The first kappa shape index (κ1) is 21.7. The number of amides is 1. The minimum Gasteiger partial charge on any atom is -0.480 e. The largest absolute Gasteiger partial charge is 0.480 e. The van der Waals surface area contributed by atoms with Gasteiger partial charge in [0, 0.05) is 23.2 Å². The maximum Gasteiger partial charge on any atom is 0.326 e. The van der Waals surface area contributed by atoms with Gasteiger partial charge in [0.25, 0.3) is 5.91 Å². The molecule has 1 saturated carbocycles. The molecule has 1 atom stereocenters. The van der Waals surface area contributed by atoms with Gasteiger partial charge < -0.3 is 15.7 Å². The van der Waals surface area contributed by atoms with Crippen LogP contribution < -0.4 is 10.6 Å². The van der Waals surface area contributed by atoms with Crippen LogP contribution in [0.5, 0.6) is 0 Å². The maximum absolute atomic E-state index is 12.5. The lowest BCUT2D eigenvalue weighted by molar-refractivity contribution is -0.138. The molecule has 7 heteroatoms. The molecule has 0 saturated heterocycles. The minimum absolute atomic E-state index is 0.0389. The van der Waals surface area contributed by atoms with Crippen LogP contribution in [0.25, 0.3) is 22.0 Å². The van der Waals surface area contributed by atoms with Gasteiger partial charge in [-0.2, -0.15) is 0 Å². The fourth-order valence-electron chi connectivity index (χ4n) is 3.69. The van der Waals surface area contributed by atoms with E-state index < -0.39 is 12.0 Å². The summed E-state index contributed by atoms with van der Waals surface area (Å²) in [5.74, 6) is -0.424. The molecule has 1 aromatic heterocycles. The van der Waals surface area contributed by atoms with E-state index in [9.17, 15) is 14.7 Å². The van der Waals surface area contributed by atoms with Crippen molar-refractivity contribution in [1.29, 1.82) is 0 Å².